The van der Waals surface area contributed by atoms with Gasteiger partial charge in [0.1, 0.15) is 11.6 Å². The standard InChI is InChI=1S/C21H28N2O4S/c1-14(2)13-17(22-20(25)27-21(3,4)5)19(24)23-28(26)18-12-8-10-15-9-6-7-11-16(15)18/h6-12,14,17H,13H2,1-5H3,(H,22,25)(H,23,24)/t17-,28?/m0/s1. The van der Waals surface area contributed by atoms with Crippen LogP contribution in [0.3, 0.4) is 0 Å². The zero-order valence-corrected chi connectivity index (χ0v) is 17.8. The molecule has 0 heterocycles. The molecule has 7 heteroatoms. The van der Waals surface area contributed by atoms with E-state index in [0.717, 1.165) is 10.8 Å². The molecule has 0 radical (unpaired) electrons. The van der Waals surface area contributed by atoms with Crippen molar-refractivity contribution in [2.75, 3.05) is 0 Å². The summed E-state index contributed by atoms with van der Waals surface area (Å²) in [6, 6.07) is 12.1. The van der Waals surface area contributed by atoms with Crippen molar-refractivity contribution in [3.05, 3.63) is 42.5 Å². The highest BCUT2D eigenvalue weighted by Crippen LogP contribution is 2.21. The Bertz CT molecular complexity index is 869. The van der Waals surface area contributed by atoms with Crippen LogP contribution in [-0.4, -0.2) is 27.9 Å². The Morgan fingerprint density at radius 3 is 2.36 bits per heavy atom. The number of carbonyl (C=O) groups is 2. The summed E-state index contributed by atoms with van der Waals surface area (Å²) in [5.41, 5.74) is -0.672. The van der Waals surface area contributed by atoms with Gasteiger partial charge in [0.05, 0.1) is 4.90 Å². The number of carbonyl (C=O) groups excluding carboxylic acids is 2. The minimum Gasteiger partial charge on any atom is -0.444 e. The summed E-state index contributed by atoms with van der Waals surface area (Å²) in [4.78, 5) is 25.3. The van der Waals surface area contributed by atoms with E-state index in [4.69, 9.17) is 4.74 Å². The van der Waals surface area contributed by atoms with Gasteiger partial charge in [-0.25, -0.2) is 9.00 Å². The van der Waals surface area contributed by atoms with Crippen molar-refractivity contribution < 1.29 is 18.5 Å². The highest BCUT2D eigenvalue weighted by molar-refractivity contribution is 7.84. The second kappa shape index (κ2) is 9.19. The van der Waals surface area contributed by atoms with Gasteiger partial charge >= 0.3 is 6.09 Å². The van der Waals surface area contributed by atoms with E-state index in [1.54, 1.807) is 32.9 Å². The second-order valence-electron chi connectivity index (χ2n) is 8.04. The van der Waals surface area contributed by atoms with Crippen LogP contribution in [0.2, 0.25) is 0 Å². The fourth-order valence-electron chi connectivity index (χ4n) is 2.73. The van der Waals surface area contributed by atoms with Gasteiger partial charge in [-0.1, -0.05) is 50.2 Å². The maximum atomic E-state index is 12.8. The minimum atomic E-state index is -1.75. The van der Waals surface area contributed by atoms with E-state index >= 15 is 0 Å². The molecule has 0 aliphatic carbocycles. The molecular weight excluding hydrogens is 376 g/mol. The molecule has 28 heavy (non-hydrogen) atoms. The maximum Gasteiger partial charge on any atom is 0.408 e. The molecule has 2 N–H and O–H groups in total. The van der Waals surface area contributed by atoms with Crippen molar-refractivity contribution in [3.63, 3.8) is 0 Å². The molecule has 0 spiro atoms. The average molecular weight is 405 g/mol. The first-order chi connectivity index (χ1) is 13.1. The third-order valence-corrected chi connectivity index (χ3v) is 5.00. The summed E-state index contributed by atoms with van der Waals surface area (Å²) in [6.45, 7) is 9.14. The topological polar surface area (TPSA) is 84.5 Å². The molecule has 2 amide bonds. The van der Waals surface area contributed by atoms with Crippen LogP contribution in [0.5, 0.6) is 0 Å². The fourth-order valence-corrected chi connectivity index (χ4v) is 3.75. The van der Waals surface area contributed by atoms with Crippen LogP contribution in [0.15, 0.2) is 47.4 Å². The number of rotatable bonds is 6. The van der Waals surface area contributed by atoms with Crippen LogP contribution < -0.4 is 10.0 Å². The molecular formula is C21H28N2O4S. The van der Waals surface area contributed by atoms with Crippen LogP contribution in [0.1, 0.15) is 41.0 Å². The molecule has 2 aromatic carbocycles. The predicted octanol–water partition coefficient (Wildman–Crippen LogP) is 3.92. The Kier molecular flexibility index (Phi) is 7.18. The number of benzene rings is 2. The van der Waals surface area contributed by atoms with Crippen molar-refractivity contribution in [1.82, 2.24) is 10.0 Å². The first kappa shape index (κ1) is 21.9. The van der Waals surface area contributed by atoms with Crippen molar-refractivity contribution in [2.45, 2.75) is 57.6 Å². The van der Waals surface area contributed by atoms with Crippen LogP contribution in [-0.2, 0) is 20.5 Å². The summed E-state index contributed by atoms with van der Waals surface area (Å²) in [5, 5.41) is 4.34. The smallest absolute Gasteiger partial charge is 0.408 e. The van der Waals surface area contributed by atoms with E-state index in [0.29, 0.717) is 11.3 Å². The highest BCUT2D eigenvalue weighted by atomic mass is 32.2. The second-order valence-corrected chi connectivity index (χ2v) is 9.22. The first-order valence-corrected chi connectivity index (χ1v) is 10.4. The molecule has 0 fully saturated rings. The molecule has 0 aromatic heterocycles. The zero-order valence-electron chi connectivity index (χ0n) is 16.9. The number of amides is 2. The summed E-state index contributed by atoms with van der Waals surface area (Å²) in [5.74, 6) is -0.359. The number of hydrogen-bond acceptors (Lipinski definition) is 4. The van der Waals surface area contributed by atoms with E-state index in [-0.39, 0.29) is 5.92 Å². The average Bonchev–Trinajstić information content (AvgIpc) is 2.58. The van der Waals surface area contributed by atoms with Crippen molar-refractivity contribution in [1.29, 1.82) is 0 Å². The molecule has 0 saturated carbocycles. The molecule has 2 atom stereocenters. The molecule has 0 aliphatic heterocycles. The van der Waals surface area contributed by atoms with Gasteiger partial charge in [-0.05, 0) is 49.9 Å². The quantitative estimate of drug-likeness (QED) is 0.764. The van der Waals surface area contributed by atoms with Crippen LogP contribution in [0.4, 0.5) is 4.79 Å². The Balaban J connectivity index is 2.15. The van der Waals surface area contributed by atoms with E-state index in [1.807, 2.05) is 44.2 Å². The Morgan fingerprint density at radius 2 is 1.71 bits per heavy atom. The van der Waals surface area contributed by atoms with E-state index in [1.165, 1.54) is 0 Å². The van der Waals surface area contributed by atoms with Crippen LogP contribution in [0, 0.1) is 5.92 Å². The number of hydrogen-bond donors (Lipinski definition) is 2. The molecule has 152 valence electrons. The third kappa shape index (κ3) is 6.34. The predicted molar refractivity (Wildman–Crippen MR) is 111 cm³/mol. The van der Waals surface area contributed by atoms with Crippen LogP contribution >= 0.6 is 0 Å². The zero-order chi connectivity index (χ0) is 20.9. The van der Waals surface area contributed by atoms with Crippen LogP contribution in [0.25, 0.3) is 10.8 Å². The summed E-state index contributed by atoms with van der Waals surface area (Å²) in [6.07, 6.45) is -0.276. The molecule has 2 aromatic rings. The number of ether oxygens (including phenoxy) is 1. The molecule has 0 bridgehead atoms. The van der Waals surface area contributed by atoms with Gasteiger partial charge in [-0.2, -0.15) is 0 Å². The van der Waals surface area contributed by atoms with Gasteiger partial charge in [0.2, 0.25) is 0 Å². The van der Waals surface area contributed by atoms with Gasteiger partial charge in [-0.3, -0.25) is 9.52 Å². The molecule has 6 nitrogen and oxygen atoms in total. The van der Waals surface area contributed by atoms with Crippen molar-refractivity contribution in [2.24, 2.45) is 5.92 Å². The van der Waals surface area contributed by atoms with Gasteiger partial charge < -0.3 is 10.1 Å². The third-order valence-electron chi connectivity index (χ3n) is 3.86. The normalized spacial score (nSPS) is 13.8. The molecule has 0 saturated heterocycles. The molecule has 2 rings (SSSR count). The summed E-state index contributed by atoms with van der Waals surface area (Å²) >= 11 is 0. The lowest BCUT2D eigenvalue weighted by molar-refractivity contribution is -0.121. The Morgan fingerprint density at radius 1 is 1.07 bits per heavy atom. The summed E-state index contributed by atoms with van der Waals surface area (Å²) < 4.78 is 20.6. The largest absolute Gasteiger partial charge is 0.444 e. The fraction of sp³-hybridized carbons (Fsp3) is 0.429. The maximum absolute atomic E-state index is 12.8. The lowest BCUT2D eigenvalue weighted by Gasteiger charge is -2.24. The molecule has 0 aliphatic rings. The van der Waals surface area contributed by atoms with Gasteiger partial charge in [0, 0.05) is 0 Å². The minimum absolute atomic E-state index is 0.150. The highest BCUT2D eigenvalue weighted by Gasteiger charge is 2.26. The number of nitrogens with one attached hydrogen (secondary N) is 2. The van der Waals surface area contributed by atoms with E-state index in [9.17, 15) is 13.8 Å². The van der Waals surface area contributed by atoms with Gasteiger partial charge in [0.25, 0.3) is 5.91 Å². The SMILES string of the molecule is CC(C)C[C@H](NC(=O)OC(C)(C)C)C(=O)NS(=O)c1cccc2ccccc12. The van der Waals surface area contributed by atoms with Gasteiger partial charge in [-0.15, -0.1) is 0 Å². The van der Waals surface area contributed by atoms with E-state index < -0.39 is 34.6 Å². The molecule has 1 unspecified atom stereocenters. The Labute approximate surface area is 168 Å². The number of fused-ring (bicyclic) bond motifs is 1. The number of alkyl carbamates (subject to hydrolysis) is 1. The Hall–Kier alpha value is -2.41. The first-order valence-electron chi connectivity index (χ1n) is 9.26. The van der Waals surface area contributed by atoms with E-state index in [2.05, 4.69) is 10.0 Å². The van der Waals surface area contributed by atoms with Gasteiger partial charge in [0.15, 0.2) is 11.0 Å². The summed E-state index contributed by atoms with van der Waals surface area (Å²) in [7, 11) is -1.75. The lowest BCUT2D eigenvalue weighted by Crippen LogP contribution is -2.49. The van der Waals surface area contributed by atoms with Crippen molar-refractivity contribution >= 4 is 33.8 Å². The lowest BCUT2D eigenvalue weighted by atomic mass is 10.0. The van der Waals surface area contributed by atoms with Crippen molar-refractivity contribution in [3.8, 4) is 0 Å². The monoisotopic (exact) mass is 404 g/mol.